The maximum absolute atomic E-state index is 10.6. The second-order valence-corrected chi connectivity index (χ2v) is 4.94. The van der Waals surface area contributed by atoms with Gasteiger partial charge in [0.15, 0.2) is 11.6 Å². The molecule has 1 rings (SSSR count). The first-order valence-corrected chi connectivity index (χ1v) is 6.58. The maximum atomic E-state index is 10.6. The monoisotopic (exact) mass is 227 g/mol. The smallest absolute Gasteiger partial charge is 0.176 e. The summed E-state index contributed by atoms with van der Waals surface area (Å²) in [5.41, 5.74) is -0.211. The summed E-state index contributed by atoms with van der Waals surface area (Å²) in [7, 11) is 0. The summed E-state index contributed by atoms with van der Waals surface area (Å²) >= 11 is 0. The molecule has 0 heterocycles. The van der Waals surface area contributed by atoms with Crippen molar-refractivity contribution < 1.29 is 9.96 Å². The predicted octanol–water partition coefficient (Wildman–Crippen LogP) is 3.00. The molecule has 0 aromatic rings. The van der Waals surface area contributed by atoms with Crippen molar-refractivity contribution in [3.8, 4) is 0 Å². The van der Waals surface area contributed by atoms with E-state index in [1.54, 1.807) is 0 Å². The quantitative estimate of drug-likeness (QED) is 0.304. The van der Waals surface area contributed by atoms with Crippen LogP contribution in [0.1, 0.15) is 53.4 Å². The molecule has 1 unspecified atom stereocenters. The van der Waals surface area contributed by atoms with Gasteiger partial charge in [-0.05, 0) is 25.0 Å². The third kappa shape index (κ3) is 1.92. The molecule has 0 amide bonds. The molecule has 0 radical (unpaired) electrons. The number of nitrogens with zero attached hydrogens (tertiary/aromatic N) is 1. The average Bonchev–Trinajstić information content (AvgIpc) is 3.09. The van der Waals surface area contributed by atoms with Gasteiger partial charge in [0, 0.05) is 18.8 Å². The van der Waals surface area contributed by atoms with Crippen molar-refractivity contribution in [3.05, 3.63) is 12.2 Å². The van der Waals surface area contributed by atoms with Gasteiger partial charge in [-0.15, -0.1) is 5.84 Å². The van der Waals surface area contributed by atoms with Crippen LogP contribution in [0.5, 0.6) is 0 Å². The van der Waals surface area contributed by atoms with Crippen molar-refractivity contribution >= 4 is 0 Å². The largest absolute Gasteiger partial charge is 0.195 e. The summed E-state index contributed by atoms with van der Waals surface area (Å²) in [6, 6.07) is 0.0282. The summed E-state index contributed by atoms with van der Waals surface area (Å²) < 4.78 is -0.341. The maximum Gasteiger partial charge on any atom is 0.176 e. The molecule has 0 aliphatic heterocycles. The third-order valence-corrected chi connectivity index (χ3v) is 4.50. The minimum Gasteiger partial charge on any atom is -0.195 e. The zero-order valence-corrected chi connectivity index (χ0v) is 11.1. The molecule has 16 heavy (non-hydrogen) atoms. The average molecular weight is 227 g/mol. The lowest BCUT2D eigenvalue weighted by atomic mass is 9.75. The van der Waals surface area contributed by atoms with Crippen LogP contribution in [0.25, 0.3) is 0 Å². The minimum absolute atomic E-state index is 0.0282. The van der Waals surface area contributed by atoms with Crippen molar-refractivity contribution in [1.82, 2.24) is 0 Å². The fourth-order valence-corrected chi connectivity index (χ4v) is 3.28. The van der Waals surface area contributed by atoms with E-state index < -0.39 is 0 Å². The van der Waals surface area contributed by atoms with Gasteiger partial charge in [-0.1, -0.05) is 32.5 Å². The summed E-state index contributed by atoms with van der Waals surface area (Å²) in [4.78, 5) is 0. The van der Waals surface area contributed by atoms with Crippen LogP contribution >= 0.6 is 0 Å². The van der Waals surface area contributed by atoms with Crippen molar-refractivity contribution in [2.75, 3.05) is 0 Å². The van der Waals surface area contributed by atoms with E-state index in [0.29, 0.717) is 5.92 Å². The van der Waals surface area contributed by atoms with Crippen molar-refractivity contribution in [1.29, 1.82) is 0 Å². The van der Waals surface area contributed by atoms with Gasteiger partial charge < -0.3 is 0 Å². The first-order chi connectivity index (χ1) is 7.50. The number of quaternary nitrogens is 1. The molecular weight excluding hydrogens is 200 g/mol. The Balaban J connectivity index is 3.02. The first kappa shape index (κ1) is 13.7. The fraction of sp³-hybridized carbons (Fsp3) is 0.846. The molecule has 0 bridgehead atoms. The molecule has 0 aromatic carbocycles. The van der Waals surface area contributed by atoms with Crippen LogP contribution in [0.4, 0.5) is 0 Å². The minimum atomic E-state index is -0.341. The SMILES string of the molecule is CCC(CC)C(CC)(CC)[N+](N)(O)C1C=C1. The second-order valence-electron chi connectivity index (χ2n) is 4.94. The number of nitrogens with two attached hydrogens (primary N) is 1. The zero-order valence-electron chi connectivity index (χ0n) is 11.1. The van der Waals surface area contributed by atoms with Gasteiger partial charge in [0.05, 0.1) is 0 Å². The Morgan fingerprint density at radius 1 is 1.19 bits per heavy atom. The van der Waals surface area contributed by atoms with Gasteiger partial charge in [-0.3, -0.25) is 0 Å². The molecule has 0 aromatic heterocycles. The van der Waals surface area contributed by atoms with E-state index in [1.165, 1.54) is 0 Å². The zero-order chi connectivity index (χ0) is 12.4. The van der Waals surface area contributed by atoms with Crippen LogP contribution < -0.4 is 5.84 Å². The molecular formula is C13H27N2O+. The summed E-state index contributed by atoms with van der Waals surface area (Å²) in [6.07, 6.45) is 7.96. The van der Waals surface area contributed by atoms with Crippen LogP contribution in [-0.4, -0.2) is 21.5 Å². The Kier molecular flexibility index (Phi) is 4.16. The second kappa shape index (κ2) is 4.86. The first-order valence-electron chi connectivity index (χ1n) is 6.58. The highest BCUT2D eigenvalue weighted by atomic mass is 16.6. The van der Waals surface area contributed by atoms with Crippen LogP contribution in [0, 0.1) is 5.92 Å². The van der Waals surface area contributed by atoms with E-state index in [1.807, 2.05) is 12.2 Å². The number of rotatable bonds is 7. The molecule has 1 atom stereocenters. The van der Waals surface area contributed by atoms with E-state index in [0.717, 1.165) is 25.7 Å². The lowest BCUT2D eigenvalue weighted by Crippen LogP contribution is -2.71. The molecule has 0 spiro atoms. The highest BCUT2D eigenvalue weighted by molar-refractivity contribution is 5.16. The van der Waals surface area contributed by atoms with Crippen molar-refractivity contribution in [2.24, 2.45) is 11.8 Å². The van der Waals surface area contributed by atoms with E-state index in [2.05, 4.69) is 27.7 Å². The van der Waals surface area contributed by atoms with Gasteiger partial charge in [0.25, 0.3) is 0 Å². The Morgan fingerprint density at radius 2 is 1.62 bits per heavy atom. The van der Waals surface area contributed by atoms with Crippen molar-refractivity contribution in [2.45, 2.75) is 65.0 Å². The van der Waals surface area contributed by atoms with E-state index in [4.69, 9.17) is 5.84 Å². The molecule has 3 nitrogen and oxygen atoms in total. The lowest BCUT2D eigenvalue weighted by Gasteiger charge is -2.47. The van der Waals surface area contributed by atoms with Crippen LogP contribution in [0.15, 0.2) is 12.2 Å². The Morgan fingerprint density at radius 3 is 1.88 bits per heavy atom. The predicted molar refractivity (Wildman–Crippen MR) is 66.5 cm³/mol. The third-order valence-electron chi connectivity index (χ3n) is 4.50. The molecule has 3 heteroatoms. The molecule has 0 saturated heterocycles. The molecule has 1 aliphatic rings. The number of hydroxylamine groups is 2. The van der Waals surface area contributed by atoms with Gasteiger partial charge in [0.1, 0.15) is 0 Å². The standard InChI is InChI=1S/C13H27N2O/c1-5-11(6-2)13(7-3,8-4)15(14,16)12-9-10-12/h9-12,16H,5-8,14H2,1-4H3/q+1. The van der Waals surface area contributed by atoms with Crippen LogP contribution in [0.2, 0.25) is 0 Å². The van der Waals surface area contributed by atoms with Gasteiger partial charge in [-0.2, -0.15) is 5.21 Å². The highest BCUT2D eigenvalue weighted by Crippen LogP contribution is 2.42. The molecule has 3 N–H and O–H groups in total. The number of hydrogen-bond donors (Lipinski definition) is 2. The van der Waals surface area contributed by atoms with Gasteiger partial charge >= 0.3 is 0 Å². The van der Waals surface area contributed by atoms with Crippen LogP contribution in [0.3, 0.4) is 0 Å². The van der Waals surface area contributed by atoms with E-state index in [9.17, 15) is 5.21 Å². The van der Waals surface area contributed by atoms with Gasteiger partial charge in [0.2, 0.25) is 0 Å². The summed E-state index contributed by atoms with van der Waals surface area (Å²) in [5, 5.41) is 10.6. The molecule has 1 aliphatic carbocycles. The van der Waals surface area contributed by atoms with Crippen molar-refractivity contribution in [3.63, 3.8) is 0 Å². The highest BCUT2D eigenvalue weighted by Gasteiger charge is 2.56. The van der Waals surface area contributed by atoms with E-state index in [-0.39, 0.29) is 16.3 Å². The molecule has 0 fully saturated rings. The normalized spacial score (nSPS) is 20.2. The Bertz CT molecular complexity index is 247. The topological polar surface area (TPSA) is 46.2 Å². The summed E-state index contributed by atoms with van der Waals surface area (Å²) in [6.45, 7) is 8.66. The molecule has 0 saturated carbocycles. The summed E-state index contributed by atoms with van der Waals surface area (Å²) in [5.74, 6) is 6.68. The Hall–Kier alpha value is -0.380. The lowest BCUT2D eigenvalue weighted by molar-refractivity contribution is -1.16. The molecule has 94 valence electrons. The van der Waals surface area contributed by atoms with E-state index >= 15 is 0 Å². The van der Waals surface area contributed by atoms with Gasteiger partial charge in [-0.25, -0.2) is 0 Å². The van der Waals surface area contributed by atoms with Crippen LogP contribution in [-0.2, 0) is 0 Å². The fourth-order valence-electron chi connectivity index (χ4n) is 3.28. The Labute approximate surface area is 99.5 Å². The number of hydrogen-bond acceptors (Lipinski definition) is 2.